The van der Waals surface area contributed by atoms with E-state index in [1.807, 2.05) is 0 Å². The van der Waals surface area contributed by atoms with Crippen molar-refractivity contribution in [1.82, 2.24) is 20.9 Å². The van der Waals surface area contributed by atoms with Crippen LogP contribution >= 0.6 is 0 Å². The Morgan fingerprint density at radius 2 is 1.37 bits per heavy atom. The molecule has 43 heavy (non-hydrogen) atoms. The van der Waals surface area contributed by atoms with Crippen LogP contribution in [-0.2, 0) is 41.6 Å². The molecule has 1 aromatic heterocycles. The highest BCUT2D eigenvalue weighted by atomic mass is 16.4. The maximum atomic E-state index is 13.4. The Hall–Kier alpha value is -5.24. The van der Waals surface area contributed by atoms with Crippen molar-refractivity contribution in [3.63, 3.8) is 0 Å². The molecule has 0 bridgehead atoms. The molecule has 4 unspecified atom stereocenters. The van der Waals surface area contributed by atoms with E-state index in [0.717, 1.165) is 16.5 Å². The number of para-hydroxylation sites is 1. The predicted octanol–water partition coefficient (Wildman–Crippen LogP) is -0.440. The zero-order valence-corrected chi connectivity index (χ0v) is 23.1. The van der Waals surface area contributed by atoms with Crippen LogP contribution in [0, 0.1) is 0 Å². The Balaban J connectivity index is 1.84. The van der Waals surface area contributed by atoms with Crippen LogP contribution in [0.5, 0.6) is 0 Å². The number of hydrogen-bond acceptors (Lipinski definition) is 7. The highest BCUT2D eigenvalue weighted by Crippen LogP contribution is 2.19. The van der Waals surface area contributed by atoms with Gasteiger partial charge in [0.1, 0.15) is 18.1 Å². The lowest BCUT2D eigenvalue weighted by atomic mass is 10.0. The number of hydrogen-bond donors (Lipinski definition) is 8. The van der Waals surface area contributed by atoms with Gasteiger partial charge in [0.25, 0.3) is 0 Å². The summed E-state index contributed by atoms with van der Waals surface area (Å²) in [6.07, 6.45) is 0.184. The monoisotopic (exact) mass is 594 g/mol. The van der Waals surface area contributed by atoms with Gasteiger partial charge in [0, 0.05) is 29.9 Å². The highest BCUT2D eigenvalue weighted by molar-refractivity contribution is 5.95. The number of nitrogens with one attached hydrogen (secondary N) is 4. The molecular weight excluding hydrogens is 560 g/mol. The summed E-state index contributed by atoms with van der Waals surface area (Å²) >= 11 is 0. The summed E-state index contributed by atoms with van der Waals surface area (Å²) in [6, 6.07) is 10.6. The van der Waals surface area contributed by atoms with Crippen LogP contribution in [0.1, 0.15) is 30.4 Å². The van der Waals surface area contributed by atoms with Crippen LogP contribution < -0.4 is 27.4 Å². The molecule has 14 nitrogen and oxygen atoms in total. The van der Waals surface area contributed by atoms with Gasteiger partial charge < -0.3 is 42.6 Å². The summed E-state index contributed by atoms with van der Waals surface area (Å²) in [5, 5.41) is 26.6. The number of amides is 4. The molecule has 228 valence electrons. The van der Waals surface area contributed by atoms with Crippen molar-refractivity contribution in [3.05, 3.63) is 71.9 Å². The average molecular weight is 595 g/mol. The topological polar surface area (TPSA) is 247 Å². The zero-order chi connectivity index (χ0) is 31.5. The molecule has 10 N–H and O–H groups in total. The van der Waals surface area contributed by atoms with Crippen LogP contribution in [0.2, 0.25) is 0 Å². The SMILES string of the molecule is NC(=O)CC(NC(=O)C(Cc1c[nH]c2ccccc12)NC(=O)C(CCC(=O)O)NC(=O)C(N)Cc1ccccc1)C(=O)O. The number of primary amides is 1. The second-order valence-electron chi connectivity index (χ2n) is 9.98. The third-order valence-corrected chi connectivity index (χ3v) is 6.67. The van der Waals surface area contributed by atoms with Crippen molar-refractivity contribution in [2.45, 2.75) is 56.3 Å². The van der Waals surface area contributed by atoms with Gasteiger partial charge in [-0.05, 0) is 30.0 Å². The van der Waals surface area contributed by atoms with E-state index >= 15 is 0 Å². The molecule has 0 spiro atoms. The average Bonchev–Trinajstić information content (AvgIpc) is 3.37. The molecule has 3 aromatic rings. The largest absolute Gasteiger partial charge is 0.481 e. The first-order valence-electron chi connectivity index (χ1n) is 13.4. The molecule has 0 fully saturated rings. The normalized spacial score (nSPS) is 13.7. The Kier molecular flexibility index (Phi) is 11.3. The molecule has 0 aliphatic rings. The maximum Gasteiger partial charge on any atom is 0.326 e. The van der Waals surface area contributed by atoms with E-state index in [1.165, 1.54) is 0 Å². The van der Waals surface area contributed by atoms with E-state index < -0.39 is 72.6 Å². The number of aliphatic carboxylic acids is 2. The lowest BCUT2D eigenvalue weighted by Crippen LogP contribution is -2.58. The van der Waals surface area contributed by atoms with Crippen LogP contribution in [0.4, 0.5) is 0 Å². The highest BCUT2D eigenvalue weighted by Gasteiger charge is 2.32. The number of carboxylic acid groups (broad SMARTS) is 2. The van der Waals surface area contributed by atoms with Gasteiger partial charge in [-0.25, -0.2) is 4.79 Å². The van der Waals surface area contributed by atoms with Gasteiger partial charge in [-0.3, -0.25) is 24.0 Å². The fourth-order valence-corrected chi connectivity index (χ4v) is 4.45. The van der Waals surface area contributed by atoms with Crippen molar-refractivity contribution in [1.29, 1.82) is 0 Å². The van der Waals surface area contributed by atoms with Crippen molar-refractivity contribution in [2.75, 3.05) is 0 Å². The van der Waals surface area contributed by atoms with Gasteiger partial charge in [-0.1, -0.05) is 48.5 Å². The van der Waals surface area contributed by atoms with Crippen LogP contribution in [0.3, 0.4) is 0 Å². The van der Waals surface area contributed by atoms with Crippen LogP contribution in [-0.4, -0.2) is 74.9 Å². The number of aromatic amines is 1. The molecule has 0 radical (unpaired) electrons. The molecule has 0 aliphatic carbocycles. The molecule has 14 heteroatoms. The van der Waals surface area contributed by atoms with E-state index in [9.17, 15) is 39.0 Å². The van der Waals surface area contributed by atoms with Gasteiger partial charge >= 0.3 is 11.9 Å². The third-order valence-electron chi connectivity index (χ3n) is 6.67. The lowest BCUT2D eigenvalue weighted by molar-refractivity contribution is -0.143. The van der Waals surface area contributed by atoms with Crippen LogP contribution in [0.25, 0.3) is 10.9 Å². The molecule has 0 aliphatic heterocycles. The minimum Gasteiger partial charge on any atom is -0.481 e. The Morgan fingerprint density at radius 1 is 0.767 bits per heavy atom. The number of fused-ring (bicyclic) bond motifs is 1. The van der Waals surface area contributed by atoms with Crippen molar-refractivity contribution in [2.24, 2.45) is 11.5 Å². The summed E-state index contributed by atoms with van der Waals surface area (Å²) in [4.78, 5) is 77.0. The molecule has 3 rings (SSSR count). The van der Waals surface area contributed by atoms with E-state index in [1.54, 1.807) is 60.8 Å². The summed E-state index contributed by atoms with van der Waals surface area (Å²) in [5.41, 5.74) is 13.3. The Labute approximate surface area is 246 Å². The van der Waals surface area contributed by atoms with Gasteiger partial charge in [0.05, 0.1) is 12.5 Å². The number of carbonyl (C=O) groups is 6. The van der Waals surface area contributed by atoms with Gasteiger partial charge in [0.15, 0.2) is 0 Å². The summed E-state index contributed by atoms with van der Waals surface area (Å²) < 4.78 is 0. The fourth-order valence-electron chi connectivity index (χ4n) is 4.45. The smallest absolute Gasteiger partial charge is 0.326 e. The summed E-state index contributed by atoms with van der Waals surface area (Å²) in [7, 11) is 0. The predicted molar refractivity (Wildman–Crippen MR) is 154 cm³/mol. The Morgan fingerprint density at radius 3 is 2.02 bits per heavy atom. The van der Waals surface area contributed by atoms with Crippen LogP contribution in [0.15, 0.2) is 60.8 Å². The van der Waals surface area contributed by atoms with Gasteiger partial charge in [0.2, 0.25) is 23.6 Å². The number of carbonyl (C=O) groups excluding carboxylic acids is 4. The van der Waals surface area contributed by atoms with E-state index in [4.69, 9.17) is 11.5 Å². The van der Waals surface area contributed by atoms with Crippen molar-refractivity contribution >= 4 is 46.5 Å². The van der Waals surface area contributed by atoms with E-state index in [2.05, 4.69) is 20.9 Å². The third kappa shape index (κ3) is 9.67. The number of carboxylic acids is 2. The lowest BCUT2D eigenvalue weighted by Gasteiger charge is -2.25. The van der Waals surface area contributed by atoms with Crippen molar-refractivity contribution in [3.8, 4) is 0 Å². The maximum absolute atomic E-state index is 13.4. The summed E-state index contributed by atoms with van der Waals surface area (Å²) in [5.74, 6) is -6.22. The molecule has 4 atom stereocenters. The molecule has 2 aromatic carbocycles. The number of H-pyrrole nitrogens is 1. The molecule has 0 saturated heterocycles. The summed E-state index contributed by atoms with van der Waals surface area (Å²) in [6.45, 7) is 0. The standard InChI is InChI=1S/C29H34N6O8/c30-19(12-16-6-2-1-3-7-16)26(39)33-21(10-11-25(37)38)27(40)34-22(28(41)35-23(29(42)43)14-24(31)36)13-17-15-32-20-9-5-4-8-18(17)20/h1-9,15,19,21-23,32H,10-14,30H2,(H2,31,36)(H,33,39)(H,34,40)(H,35,41)(H,37,38)(H,42,43). The minimum absolute atomic E-state index is 0.113. The quantitative estimate of drug-likeness (QED) is 0.107. The van der Waals surface area contributed by atoms with Crippen molar-refractivity contribution < 1.29 is 39.0 Å². The van der Waals surface area contributed by atoms with Gasteiger partial charge in [-0.15, -0.1) is 0 Å². The molecule has 4 amide bonds. The number of benzene rings is 2. The number of nitrogens with two attached hydrogens (primary N) is 2. The molecule has 1 heterocycles. The molecular formula is C29H34N6O8. The first-order valence-corrected chi connectivity index (χ1v) is 13.4. The second-order valence-corrected chi connectivity index (χ2v) is 9.98. The molecule has 0 saturated carbocycles. The van der Waals surface area contributed by atoms with Gasteiger partial charge in [-0.2, -0.15) is 0 Å². The zero-order valence-electron chi connectivity index (χ0n) is 23.1. The van der Waals surface area contributed by atoms with E-state index in [0.29, 0.717) is 5.56 Å². The van der Waals surface area contributed by atoms with E-state index in [-0.39, 0.29) is 19.3 Å². The fraction of sp³-hybridized carbons (Fsp3) is 0.310. The Bertz CT molecular complexity index is 1470. The first-order chi connectivity index (χ1) is 20.4. The number of rotatable bonds is 16. The minimum atomic E-state index is -1.66. The first kappa shape index (κ1) is 32.3. The second kappa shape index (κ2) is 15.1. The number of aromatic nitrogens is 1.